The van der Waals surface area contributed by atoms with Gasteiger partial charge in [0, 0.05) is 11.8 Å². The lowest BCUT2D eigenvalue weighted by molar-refractivity contribution is 0.506. The number of aromatic nitrogens is 2. The van der Waals surface area contributed by atoms with Crippen molar-refractivity contribution in [3.05, 3.63) is 51.1 Å². The first-order valence-electron chi connectivity index (χ1n) is 4.28. The van der Waals surface area contributed by atoms with E-state index in [0.29, 0.717) is 0 Å². The Labute approximate surface area is 97.3 Å². The molecule has 6 heteroatoms. The van der Waals surface area contributed by atoms with Gasteiger partial charge in [-0.25, -0.2) is 13.8 Å². The van der Waals surface area contributed by atoms with Crippen LogP contribution in [0.3, 0.4) is 0 Å². The number of nitrogens with one attached hydrogen (secondary N) is 1. The van der Waals surface area contributed by atoms with Crippen LogP contribution in [-0.4, -0.2) is 9.97 Å². The molecular formula is C10H5BrF2N2O. The van der Waals surface area contributed by atoms with Crippen molar-refractivity contribution in [1.82, 2.24) is 9.97 Å². The molecule has 0 amide bonds. The van der Waals surface area contributed by atoms with Gasteiger partial charge in [0.15, 0.2) is 11.6 Å². The molecule has 0 aliphatic rings. The number of nitrogens with zero attached hydrogens (tertiary/aromatic N) is 1. The van der Waals surface area contributed by atoms with Crippen molar-refractivity contribution in [2.45, 2.75) is 0 Å². The van der Waals surface area contributed by atoms with E-state index in [-0.39, 0.29) is 15.6 Å². The Balaban J connectivity index is 2.71. The summed E-state index contributed by atoms with van der Waals surface area (Å²) >= 11 is 2.85. The second kappa shape index (κ2) is 4.13. The van der Waals surface area contributed by atoms with Crippen LogP contribution in [0.25, 0.3) is 11.1 Å². The molecule has 2 rings (SSSR count). The lowest BCUT2D eigenvalue weighted by Crippen LogP contribution is -2.09. The number of rotatable bonds is 1. The van der Waals surface area contributed by atoms with E-state index < -0.39 is 17.2 Å². The fourth-order valence-electron chi connectivity index (χ4n) is 1.27. The molecule has 0 saturated carbocycles. The third-order valence-corrected chi connectivity index (χ3v) is 2.66. The van der Waals surface area contributed by atoms with Crippen molar-refractivity contribution < 1.29 is 8.78 Å². The van der Waals surface area contributed by atoms with Gasteiger partial charge >= 0.3 is 0 Å². The Morgan fingerprint density at radius 1 is 1.19 bits per heavy atom. The van der Waals surface area contributed by atoms with E-state index in [1.54, 1.807) is 0 Å². The third-order valence-electron chi connectivity index (χ3n) is 2.04. The minimum absolute atomic E-state index is 0.00796. The lowest BCUT2D eigenvalue weighted by atomic mass is 10.1. The largest absolute Gasteiger partial charge is 0.313 e. The molecule has 0 unspecified atom stereocenters. The van der Waals surface area contributed by atoms with E-state index in [9.17, 15) is 13.6 Å². The zero-order valence-corrected chi connectivity index (χ0v) is 9.38. The molecule has 82 valence electrons. The van der Waals surface area contributed by atoms with Gasteiger partial charge < -0.3 is 4.98 Å². The Morgan fingerprint density at radius 3 is 2.62 bits per heavy atom. The van der Waals surface area contributed by atoms with Crippen LogP contribution in [0.1, 0.15) is 0 Å². The van der Waals surface area contributed by atoms with Crippen molar-refractivity contribution in [1.29, 1.82) is 0 Å². The first-order chi connectivity index (χ1) is 7.61. The van der Waals surface area contributed by atoms with Gasteiger partial charge in [0.25, 0.3) is 5.56 Å². The van der Waals surface area contributed by atoms with E-state index >= 15 is 0 Å². The monoisotopic (exact) mass is 286 g/mol. The first kappa shape index (κ1) is 10.9. The van der Waals surface area contributed by atoms with Gasteiger partial charge in [0.2, 0.25) is 0 Å². The van der Waals surface area contributed by atoms with Crippen molar-refractivity contribution in [2.24, 2.45) is 0 Å². The number of aromatic amines is 1. The van der Waals surface area contributed by atoms with E-state index in [1.807, 2.05) is 0 Å². The summed E-state index contributed by atoms with van der Waals surface area (Å²) in [4.78, 5) is 17.3. The fourth-order valence-corrected chi connectivity index (χ4v) is 1.58. The summed E-state index contributed by atoms with van der Waals surface area (Å²) < 4.78 is 26.8. The minimum Gasteiger partial charge on any atom is -0.313 e. The molecule has 0 atom stereocenters. The highest BCUT2D eigenvalue weighted by Gasteiger charge is 2.15. The zero-order chi connectivity index (χ0) is 11.7. The normalized spacial score (nSPS) is 10.4. The number of halogens is 3. The van der Waals surface area contributed by atoms with E-state index in [0.717, 1.165) is 0 Å². The quantitative estimate of drug-likeness (QED) is 0.819. The van der Waals surface area contributed by atoms with Gasteiger partial charge in [-0.2, -0.15) is 0 Å². The van der Waals surface area contributed by atoms with E-state index in [4.69, 9.17) is 0 Å². The highest BCUT2D eigenvalue weighted by atomic mass is 79.9. The molecule has 1 aromatic heterocycles. The topological polar surface area (TPSA) is 45.8 Å². The summed E-state index contributed by atoms with van der Waals surface area (Å²) in [5, 5.41) is 0. The van der Waals surface area contributed by atoms with Crippen molar-refractivity contribution in [3.63, 3.8) is 0 Å². The van der Waals surface area contributed by atoms with Gasteiger partial charge in [-0.15, -0.1) is 0 Å². The number of hydrogen-bond donors (Lipinski definition) is 1. The van der Waals surface area contributed by atoms with Gasteiger partial charge in [0.1, 0.15) is 0 Å². The predicted octanol–water partition coefficient (Wildman–Crippen LogP) is 2.48. The molecular weight excluding hydrogens is 282 g/mol. The van der Waals surface area contributed by atoms with Crippen LogP contribution < -0.4 is 5.56 Å². The molecule has 0 aliphatic heterocycles. The Hall–Kier alpha value is -1.56. The number of hydrogen-bond acceptors (Lipinski definition) is 2. The molecule has 0 radical (unpaired) electrons. The second-order valence-electron chi connectivity index (χ2n) is 3.02. The van der Waals surface area contributed by atoms with E-state index in [2.05, 4.69) is 25.9 Å². The highest BCUT2D eigenvalue weighted by Crippen LogP contribution is 2.26. The summed E-state index contributed by atoms with van der Waals surface area (Å²) in [6.45, 7) is 0. The maximum Gasteiger partial charge on any atom is 0.258 e. The third kappa shape index (κ3) is 1.76. The predicted molar refractivity (Wildman–Crippen MR) is 57.9 cm³/mol. The molecule has 0 aliphatic carbocycles. The highest BCUT2D eigenvalue weighted by molar-refractivity contribution is 9.10. The molecule has 1 aromatic carbocycles. The molecule has 16 heavy (non-hydrogen) atoms. The lowest BCUT2D eigenvalue weighted by Gasteiger charge is -2.03. The van der Waals surface area contributed by atoms with Crippen LogP contribution >= 0.6 is 15.9 Å². The van der Waals surface area contributed by atoms with Crippen molar-refractivity contribution in [2.75, 3.05) is 0 Å². The van der Waals surface area contributed by atoms with Gasteiger partial charge in [-0.1, -0.05) is 0 Å². The Kier molecular flexibility index (Phi) is 2.82. The van der Waals surface area contributed by atoms with Crippen LogP contribution in [0.2, 0.25) is 0 Å². The summed E-state index contributed by atoms with van der Waals surface area (Å²) in [7, 11) is 0. The molecule has 1 N–H and O–H groups in total. The molecule has 1 heterocycles. The summed E-state index contributed by atoms with van der Waals surface area (Å²) in [6, 6.07) is 2.65. The molecule has 0 spiro atoms. The van der Waals surface area contributed by atoms with Crippen molar-refractivity contribution >= 4 is 15.9 Å². The maximum absolute atomic E-state index is 13.5. The summed E-state index contributed by atoms with van der Waals surface area (Å²) in [6.07, 6.45) is 2.36. The van der Waals surface area contributed by atoms with Crippen LogP contribution in [-0.2, 0) is 0 Å². The molecule has 2 aromatic rings. The number of benzene rings is 1. The van der Waals surface area contributed by atoms with Gasteiger partial charge in [0.05, 0.1) is 16.4 Å². The van der Waals surface area contributed by atoms with Crippen LogP contribution in [0.4, 0.5) is 8.78 Å². The maximum atomic E-state index is 13.5. The van der Waals surface area contributed by atoms with Gasteiger partial charge in [-0.3, -0.25) is 4.79 Å². The van der Waals surface area contributed by atoms with Crippen LogP contribution in [0.15, 0.2) is 33.9 Å². The summed E-state index contributed by atoms with van der Waals surface area (Å²) in [5.74, 6) is -2.10. The smallest absolute Gasteiger partial charge is 0.258 e. The number of H-pyrrole nitrogens is 1. The average molecular weight is 287 g/mol. The second-order valence-corrected chi connectivity index (χ2v) is 3.87. The SMILES string of the molecule is O=c1[nH]cncc1-c1ccc(Br)c(F)c1F. The van der Waals surface area contributed by atoms with Crippen molar-refractivity contribution in [3.8, 4) is 11.1 Å². The Morgan fingerprint density at radius 2 is 1.94 bits per heavy atom. The van der Waals surface area contributed by atoms with Crippen LogP contribution in [0.5, 0.6) is 0 Å². The zero-order valence-electron chi connectivity index (χ0n) is 7.80. The molecule has 0 saturated heterocycles. The average Bonchev–Trinajstić information content (AvgIpc) is 2.28. The molecule has 3 nitrogen and oxygen atoms in total. The fraction of sp³-hybridized carbons (Fsp3) is 0. The molecule has 0 bridgehead atoms. The Bertz CT molecular complexity index is 598. The van der Waals surface area contributed by atoms with Gasteiger partial charge in [-0.05, 0) is 28.1 Å². The standard InChI is InChI=1S/C10H5BrF2N2O/c11-7-2-1-5(8(12)9(7)13)6-3-14-4-15-10(6)16/h1-4H,(H,14,15,16). The minimum atomic E-state index is -1.08. The molecule has 0 fully saturated rings. The van der Waals surface area contributed by atoms with Crippen LogP contribution in [0, 0.1) is 11.6 Å². The summed E-state index contributed by atoms with van der Waals surface area (Å²) in [5.41, 5.74) is -0.642. The first-order valence-corrected chi connectivity index (χ1v) is 5.07. The van der Waals surface area contributed by atoms with E-state index in [1.165, 1.54) is 24.7 Å².